The minimum absolute atomic E-state index is 0.285. The molecule has 0 aliphatic heterocycles. The van der Waals surface area contributed by atoms with Crippen LogP contribution in [0.1, 0.15) is 46.6 Å². The van der Waals surface area contributed by atoms with Gasteiger partial charge >= 0.3 is 0 Å². The van der Waals surface area contributed by atoms with E-state index in [1.807, 2.05) is 32.2 Å². The zero-order valence-electron chi connectivity index (χ0n) is 19.5. The number of aromatic nitrogens is 1. The average Bonchev–Trinajstić information content (AvgIpc) is 3.13. The predicted octanol–water partition coefficient (Wildman–Crippen LogP) is 4.43. The van der Waals surface area contributed by atoms with Gasteiger partial charge in [-0.25, -0.2) is 0 Å². The van der Waals surface area contributed by atoms with Crippen molar-refractivity contribution in [3.8, 4) is 11.3 Å². The molecule has 1 heterocycles. The zero-order valence-corrected chi connectivity index (χ0v) is 19.5. The van der Waals surface area contributed by atoms with Crippen molar-refractivity contribution in [1.29, 1.82) is 0 Å². The van der Waals surface area contributed by atoms with Crippen molar-refractivity contribution in [3.05, 3.63) is 35.9 Å². The van der Waals surface area contributed by atoms with Crippen molar-refractivity contribution in [2.24, 2.45) is 5.92 Å². The lowest BCUT2D eigenvalue weighted by molar-refractivity contribution is 0.0188. The van der Waals surface area contributed by atoms with E-state index in [9.17, 15) is 5.11 Å². The zero-order chi connectivity index (χ0) is 22.1. The number of anilines is 1. The van der Waals surface area contributed by atoms with Gasteiger partial charge in [0.05, 0.1) is 18.3 Å². The lowest BCUT2D eigenvalue weighted by Crippen LogP contribution is -2.36. The Kier molecular flexibility index (Phi) is 9.82. The van der Waals surface area contributed by atoms with Gasteiger partial charge in [-0.15, -0.1) is 0 Å². The third-order valence-corrected chi connectivity index (χ3v) is 5.30. The number of aliphatic hydroxyl groups is 1. The smallest absolute Gasteiger partial charge is 0.232 e. The molecule has 2 aromatic rings. The minimum Gasteiger partial charge on any atom is -0.389 e. The molecule has 1 aromatic carbocycles. The van der Waals surface area contributed by atoms with E-state index in [2.05, 4.69) is 54.8 Å². The molecule has 0 aliphatic carbocycles. The fraction of sp³-hybridized carbons (Fsp3) is 0.625. The van der Waals surface area contributed by atoms with Crippen LogP contribution in [0, 0.1) is 5.92 Å². The van der Waals surface area contributed by atoms with E-state index >= 15 is 0 Å². The number of hydrogen-bond acceptors (Lipinski definition) is 6. The highest BCUT2D eigenvalue weighted by molar-refractivity contribution is 5.68. The largest absolute Gasteiger partial charge is 0.389 e. The number of ether oxygens (including phenoxy) is 1. The molecular formula is C24H39N3O3. The van der Waals surface area contributed by atoms with Crippen molar-refractivity contribution < 1.29 is 14.4 Å². The minimum atomic E-state index is -0.525. The summed E-state index contributed by atoms with van der Waals surface area (Å²) in [5, 5.41) is 14.9. The second-order valence-electron chi connectivity index (χ2n) is 8.62. The van der Waals surface area contributed by atoms with E-state index in [4.69, 9.17) is 9.26 Å². The maximum absolute atomic E-state index is 10.5. The van der Waals surface area contributed by atoms with E-state index in [0.717, 1.165) is 35.7 Å². The third-order valence-electron chi connectivity index (χ3n) is 5.30. The van der Waals surface area contributed by atoms with E-state index in [-0.39, 0.29) is 6.04 Å². The van der Waals surface area contributed by atoms with Crippen LogP contribution in [-0.4, -0.2) is 60.7 Å². The van der Waals surface area contributed by atoms with Crippen molar-refractivity contribution in [2.75, 3.05) is 38.3 Å². The number of aliphatic hydroxyl groups excluding tert-OH is 1. The van der Waals surface area contributed by atoms with E-state index in [1.165, 1.54) is 0 Å². The summed E-state index contributed by atoms with van der Waals surface area (Å²) in [5.74, 6) is 1.38. The van der Waals surface area contributed by atoms with Gasteiger partial charge in [0.15, 0.2) is 0 Å². The van der Waals surface area contributed by atoms with E-state index in [0.29, 0.717) is 32.2 Å². The first kappa shape index (κ1) is 24.4. The Hall–Kier alpha value is -1.89. The molecule has 168 valence electrons. The van der Waals surface area contributed by atoms with Crippen LogP contribution in [-0.2, 0) is 11.3 Å². The van der Waals surface area contributed by atoms with Gasteiger partial charge in [0, 0.05) is 38.3 Å². The highest BCUT2D eigenvalue weighted by Crippen LogP contribution is 2.33. The highest BCUT2D eigenvalue weighted by Gasteiger charge is 2.25. The van der Waals surface area contributed by atoms with Crippen LogP contribution in [0.2, 0.25) is 0 Å². The van der Waals surface area contributed by atoms with Crippen LogP contribution in [0.4, 0.5) is 5.88 Å². The molecule has 1 atom stereocenters. The lowest BCUT2D eigenvalue weighted by Gasteiger charge is -2.27. The molecule has 0 spiro atoms. The summed E-state index contributed by atoms with van der Waals surface area (Å²) in [7, 11) is 2.03. The van der Waals surface area contributed by atoms with Crippen molar-refractivity contribution >= 4 is 5.88 Å². The van der Waals surface area contributed by atoms with Crippen molar-refractivity contribution in [1.82, 2.24) is 10.1 Å². The quantitative estimate of drug-likeness (QED) is 0.520. The first-order chi connectivity index (χ1) is 14.3. The topological polar surface area (TPSA) is 62.0 Å². The molecule has 2 rings (SSSR count). The fourth-order valence-corrected chi connectivity index (χ4v) is 3.28. The Morgan fingerprint density at radius 1 is 1.13 bits per heavy atom. The van der Waals surface area contributed by atoms with Crippen LogP contribution >= 0.6 is 0 Å². The number of nitrogens with zero attached hydrogens (tertiary/aromatic N) is 3. The summed E-state index contributed by atoms with van der Waals surface area (Å²) in [6, 6.07) is 10.4. The van der Waals surface area contributed by atoms with Crippen molar-refractivity contribution in [2.45, 2.75) is 59.7 Å². The summed E-state index contributed by atoms with van der Waals surface area (Å²) < 4.78 is 11.3. The van der Waals surface area contributed by atoms with Crippen LogP contribution in [0.15, 0.2) is 34.9 Å². The molecule has 0 bridgehead atoms. The van der Waals surface area contributed by atoms with Crippen LogP contribution in [0.25, 0.3) is 11.3 Å². The van der Waals surface area contributed by atoms with Gasteiger partial charge in [-0.05, 0) is 39.7 Å². The van der Waals surface area contributed by atoms with Crippen LogP contribution < -0.4 is 4.90 Å². The normalized spacial score (nSPS) is 12.9. The Balaban J connectivity index is 2.34. The number of hydrogen-bond donors (Lipinski definition) is 1. The molecule has 1 N–H and O–H groups in total. The fourth-order valence-electron chi connectivity index (χ4n) is 3.28. The van der Waals surface area contributed by atoms with Crippen molar-refractivity contribution in [3.63, 3.8) is 0 Å². The second-order valence-corrected chi connectivity index (χ2v) is 8.62. The van der Waals surface area contributed by atoms with Gasteiger partial charge < -0.3 is 19.3 Å². The third kappa shape index (κ3) is 7.11. The molecule has 6 heteroatoms. The van der Waals surface area contributed by atoms with Gasteiger partial charge in [-0.2, -0.15) is 0 Å². The monoisotopic (exact) mass is 417 g/mol. The van der Waals surface area contributed by atoms with Gasteiger partial charge in [-0.1, -0.05) is 49.3 Å². The molecule has 0 unspecified atom stereocenters. The maximum Gasteiger partial charge on any atom is 0.232 e. The van der Waals surface area contributed by atoms with E-state index in [1.54, 1.807) is 0 Å². The highest BCUT2D eigenvalue weighted by atomic mass is 16.5. The van der Waals surface area contributed by atoms with Gasteiger partial charge in [-0.3, -0.25) is 4.90 Å². The predicted molar refractivity (Wildman–Crippen MR) is 123 cm³/mol. The molecule has 0 saturated carbocycles. The van der Waals surface area contributed by atoms with Gasteiger partial charge in [0.25, 0.3) is 0 Å². The first-order valence-corrected chi connectivity index (χ1v) is 11.1. The van der Waals surface area contributed by atoms with E-state index < -0.39 is 6.10 Å². The molecule has 6 nitrogen and oxygen atoms in total. The second kappa shape index (κ2) is 12.1. The first-order valence-electron chi connectivity index (χ1n) is 11.1. The molecule has 1 aromatic heterocycles. The summed E-state index contributed by atoms with van der Waals surface area (Å²) in [4.78, 5) is 4.41. The molecule has 0 aliphatic rings. The van der Waals surface area contributed by atoms with Crippen LogP contribution in [0.5, 0.6) is 0 Å². The van der Waals surface area contributed by atoms with Gasteiger partial charge in [0.1, 0.15) is 5.69 Å². The molecular weight excluding hydrogens is 378 g/mol. The Morgan fingerprint density at radius 3 is 2.43 bits per heavy atom. The molecule has 30 heavy (non-hydrogen) atoms. The summed E-state index contributed by atoms with van der Waals surface area (Å²) in [5.41, 5.74) is 2.97. The Morgan fingerprint density at radius 2 is 1.83 bits per heavy atom. The average molecular weight is 418 g/mol. The standard InChI is InChI=1S/C24H39N3O3/c1-7-29-17-21(28)15-27(14-13-18(2)3)16-22-23(20-11-9-8-10-12-20)25-30-24(22)26(6)19(4)5/h8-12,18-19,21,28H,7,13-17H2,1-6H3/t21-/m0/s1. The number of benzene rings is 1. The summed E-state index contributed by atoms with van der Waals surface area (Å²) in [6.07, 6.45) is 0.534. The lowest BCUT2D eigenvalue weighted by atomic mass is 10.1. The molecule has 0 saturated heterocycles. The maximum atomic E-state index is 10.5. The summed E-state index contributed by atoms with van der Waals surface area (Å²) >= 11 is 0. The van der Waals surface area contributed by atoms with Crippen LogP contribution in [0.3, 0.4) is 0 Å². The molecule has 0 amide bonds. The SMILES string of the molecule is CCOC[C@@H](O)CN(CCC(C)C)Cc1c(-c2ccccc2)noc1N(C)C(C)C. The number of rotatable bonds is 13. The molecule has 0 fully saturated rings. The Labute approximate surface area is 181 Å². The van der Waals surface area contributed by atoms with Gasteiger partial charge in [0.2, 0.25) is 5.88 Å². The Bertz CT molecular complexity index is 731. The summed E-state index contributed by atoms with van der Waals surface area (Å²) in [6.45, 7) is 13.7. The molecule has 0 radical (unpaired) electrons.